The fraction of sp³-hybridized carbons (Fsp3) is 0.412. The van der Waals surface area contributed by atoms with Crippen molar-refractivity contribution >= 4 is 28.1 Å². The lowest BCUT2D eigenvalue weighted by molar-refractivity contribution is 0.351. The highest BCUT2D eigenvalue weighted by Crippen LogP contribution is 2.28. The second-order valence-corrected chi connectivity index (χ2v) is 7.83. The zero-order chi connectivity index (χ0) is 17.1. The Bertz CT molecular complexity index is 801. The summed E-state index contributed by atoms with van der Waals surface area (Å²) < 4.78 is 1.92. The molecule has 1 saturated heterocycles. The van der Waals surface area contributed by atoms with Crippen LogP contribution in [0.5, 0.6) is 0 Å². The minimum atomic E-state index is 0.569. The molecule has 25 heavy (non-hydrogen) atoms. The molecule has 8 heteroatoms. The van der Waals surface area contributed by atoms with Crippen LogP contribution in [0.1, 0.15) is 23.4 Å². The second-order valence-electron chi connectivity index (χ2n) is 6.35. The van der Waals surface area contributed by atoms with Gasteiger partial charge in [0.25, 0.3) is 0 Å². The molecule has 0 bridgehead atoms. The highest BCUT2D eigenvalue weighted by atomic mass is 35.5. The molecule has 0 N–H and O–H groups in total. The van der Waals surface area contributed by atoms with Crippen molar-refractivity contribution in [2.45, 2.75) is 25.8 Å². The first-order valence-electron chi connectivity index (χ1n) is 8.40. The summed E-state index contributed by atoms with van der Waals surface area (Å²) in [6.07, 6.45) is 6.56. The van der Waals surface area contributed by atoms with Gasteiger partial charge in [0.05, 0.1) is 0 Å². The first kappa shape index (κ1) is 16.5. The Labute approximate surface area is 155 Å². The molecular formula is C17H19ClN6S. The van der Waals surface area contributed by atoms with Gasteiger partial charge in [-0.25, -0.2) is 4.98 Å². The van der Waals surface area contributed by atoms with E-state index in [1.54, 1.807) is 24.0 Å². The van der Waals surface area contributed by atoms with Gasteiger partial charge in [-0.1, -0.05) is 35.1 Å². The number of rotatable bonds is 5. The summed E-state index contributed by atoms with van der Waals surface area (Å²) in [5, 5.41) is 15.8. The maximum Gasteiger partial charge on any atom is 0.208 e. The van der Waals surface area contributed by atoms with E-state index >= 15 is 0 Å². The summed E-state index contributed by atoms with van der Waals surface area (Å²) in [4.78, 5) is 6.38. The van der Waals surface area contributed by atoms with Crippen molar-refractivity contribution in [1.29, 1.82) is 0 Å². The molecule has 3 aromatic rings. The van der Waals surface area contributed by atoms with E-state index in [0.717, 1.165) is 41.2 Å². The van der Waals surface area contributed by atoms with E-state index in [2.05, 4.69) is 25.2 Å². The van der Waals surface area contributed by atoms with E-state index in [1.807, 2.05) is 28.9 Å². The quantitative estimate of drug-likeness (QED) is 0.685. The van der Waals surface area contributed by atoms with Crippen molar-refractivity contribution in [2.24, 2.45) is 5.92 Å². The maximum absolute atomic E-state index is 5.94. The molecule has 1 atom stereocenters. The molecule has 6 nitrogen and oxygen atoms in total. The SMILES string of the molecule is Clc1ccc(Cc2nnc(N3CCCC(Cn4cncn4)C3)s2)cc1. The molecule has 1 fully saturated rings. The predicted octanol–water partition coefficient (Wildman–Crippen LogP) is 3.29. The molecule has 0 amide bonds. The lowest BCUT2D eigenvalue weighted by Gasteiger charge is -2.32. The van der Waals surface area contributed by atoms with Gasteiger partial charge >= 0.3 is 0 Å². The van der Waals surface area contributed by atoms with Gasteiger partial charge in [0.15, 0.2) is 0 Å². The van der Waals surface area contributed by atoms with Crippen LogP contribution in [0.2, 0.25) is 5.02 Å². The number of nitrogens with zero attached hydrogens (tertiary/aromatic N) is 6. The third-order valence-corrected chi connectivity index (χ3v) is 5.66. The molecule has 0 saturated carbocycles. The number of hydrogen-bond acceptors (Lipinski definition) is 6. The summed E-state index contributed by atoms with van der Waals surface area (Å²) in [6, 6.07) is 7.91. The molecule has 3 heterocycles. The standard InChI is InChI=1S/C17H19ClN6S/c18-15-5-3-13(4-6-15)8-16-21-22-17(25-16)23-7-1-2-14(9-23)10-24-12-19-11-20-24/h3-6,11-12,14H,1-2,7-10H2. The van der Waals surface area contributed by atoms with E-state index in [0.29, 0.717) is 5.92 Å². The van der Waals surface area contributed by atoms with Gasteiger partial charge in [0.2, 0.25) is 5.13 Å². The predicted molar refractivity (Wildman–Crippen MR) is 99.1 cm³/mol. The first-order valence-corrected chi connectivity index (χ1v) is 9.60. The van der Waals surface area contributed by atoms with Crippen LogP contribution in [0.15, 0.2) is 36.9 Å². The summed E-state index contributed by atoms with van der Waals surface area (Å²) in [7, 11) is 0. The van der Waals surface area contributed by atoms with Crippen molar-refractivity contribution < 1.29 is 0 Å². The molecule has 1 unspecified atom stereocenters. The van der Waals surface area contributed by atoms with Crippen molar-refractivity contribution in [3.63, 3.8) is 0 Å². The average molecular weight is 375 g/mol. The van der Waals surface area contributed by atoms with Crippen LogP contribution in [0.25, 0.3) is 0 Å². The summed E-state index contributed by atoms with van der Waals surface area (Å²) in [5.41, 5.74) is 1.20. The Hall–Kier alpha value is -1.99. The third kappa shape index (κ3) is 4.16. The van der Waals surface area contributed by atoms with Crippen LogP contribution in [0.4, 0.5) is 5.13 Å². The van der Waals surface area contributed by atoms with Crippen LogP contribution in [-0.2, 0) is 13.0 Å². The van der Waals surface area contributed by atoms with E-state index < -0.39 is 0 Å². The van der Waals surface area contributed by atoms with Gasteiger partial charge in [-0.15, -0.1) is 10.2 Å². The van der Waals surface area contributed by atoms with E-state index in [4.69, 9.17) is 11.6 Å². The largest absolute Gasteiger partial charge is 0.346 e. The van der Waals surface area contributed by atoms with Crippen LogP contribution >= 0.6 is 22.9 Å². The molecule has 130 valence electrons. The van der Waals surface area contributed by atoms with Crippen LogP contribution in [0, 0.1) is 5.92 Å². The lowest BCUT2D eigenvalue weighted by Crippen LogP contribution is -2.37. The van der Waals surface area contributed by atoms with Gasteiger partial charge in [-0.05, 0) is 36.5 Å². The molecule has 4 rings (SSSR count). The topological polar surface area (TPSA) is 59.7 Å². The Kier molecular flexibility index (Phi) is 4.94. The smallest absolute Gasteiger partial charge is 0.208 e. The zero-order valence-corrected chi connectivity index (χ0v) is 15.3. The number of benzene rings is 1. The second kappa shape index (κ2) is 7.49. The third-order valence-electron chi connectivity index (χ3n) is 4.43. The van der Waals surface area contributed by atoms with Crippen molar-refractivity contribution in [3.8, 4) is 0 Å². The molecule has 0 radical (unpaired) electrons. The van der Waals surface area contributed by atoms with Gasteiger partial charge in [0.1, 0.15) is 17.7 Å². The van der Waals surface area contributed by atoms with Crippen molar-refractivity contribution in [1.82, 2.24) is 25.0 Å². The van der Waals surface area contributed by atoms with Gasteiger partial charge < -0.3 is 4.90 Å². The number of hydrogen-bond donors (Lipinski definition) is 0. The molecular weight excluding hydrogens is 356 g/mol. The Morgan fingerprint density at radius 3 is 2.88 bits per heavy atom. The minimum Gasteiger partial charge on any atom is -0.346 e. The van der Waals surface area contributed by atoms with Gasteiger partial charge in [0, 0.05) is 31.1 Å². The molecule has 1 aromatic carbocycles. The summed E-state index contributed by atoms with van der Waals surface area (Å²) in [5.74, 6) is 0.569. The summed E-state index contributed by atoms with van der Waals surface area (Å²) >= 11 is 7.63. The van der Waals surface area contributed by atoms with Crippen LogP contribution in [0.3, 0.4) is 0 Å². The average Bonchev–Trinajstić information content (AvgIpc) is 3.29. The Morgan fingerprint density at radius 1 is 1.20 bits per heavy atom. The van der Waals surface area contributed by atoms with E-state index in [-0.39, 0.29) is 0 Å². The molecule has 1 aliphatic rings. The van der Waals surface area contributed by atoms with E-state index in [1.165, 1.54) is 18.4 Å². The van der Waals surface area contributed by atoms with Crippen molar-refractivity contribution in [3.05, 3.63) is 52.5 Å². The highest BCUT2D eigenvalue weighted by molar-refractivity contribution is 7.15. The molecule has 0 aliphatic carbocycles. The molecule has 2 aromatic heterocycles. The normalized spacial score (nSPS) is 17.8. The fourth-order valence-electron chi connectivity index (χ4n) is 3.20. The fourth-order valence-corrected chi connectivity index (χ4v) is 4.23. The molecule has 0 spiro atoms. The first-order chi connectivity index (χ1) is 12.3. The monoisotopic (exact) mass is 374 g/mol. The lowest BCUT2D eigenvalue weighted by atomic mass is 9.98. The number of aromatic nitrogens is 5. The minimum absolute atomic E-state index is 0.569. The highest BCUT2D eigenvalue weighted by Gasteiger charge is 2.23. The summed E-state index contributed by atoms with van der Waals surface area (Å²) in [6.45, 7) is 2.95. The van der Waals surface area contributed by atoms with Crippen LogP contribution in [-0.4, -0.2) is 38.1 Å². The molecule has 1 aliphatic heterocycles. The number of anilines is 1. The Balaban J connectivity index is 1.39. The Morgan fingerprint density at radius 2 is 2.08 bits per heavy atom. The zero-order valence-electron chi connectivity index (χ0n) is 13.8. The van der Waals surface area contributed by atoms with Crippen molar-refractivity contribution in [2.75, 3.05) is 18.0 Å². The van der Waals surface area contributed by atoms with Crippen LogP contribution < -0.4 is 4.90 Å². The number of piperidine rings is 1. The van der Waals surface area contributed by atoms with Gasteiger partial charge in [-0.3, -0.25) is 4.68 Å². The number of halogens is 1. The van der Waals surface area contributed by atoms with Gasteiger partial charge in [-0.2, -0.15) is 5.10 Å². The van der Waals surface area contributed by atoms with E-state index in [9.17, 15) is 0 Å². The maximum atomic E-state index is 5.94.